The van der Waals surface area contributed by atoms with Crippen LogP contribution in [-0.2, 0) is 19.1 Å². The van der Waals surface area contributed by atoms with Gasteiger partial charge in [0.05, 0.1) is 13.4 Å². The maximum Gasteiger partial charge on any atom is 0.153 e. The first-order valence-corrected chi connectivity index (χ1v) is 3.63. The topological polar surface area (TPSA) is 52.6 Å². The van der Waals surface area contributed by atoms with Crippen LogP contribution in [0.25, 0.3) is 0 Å². The molecule has 1 unspecified atom stereocenters. The van der Waals surface area contributed by atoms with Crippen LogP contribution in [0.2, 0.25) is 0 Å². The van der Waals surface area contributed by atoms with Crippen molar-refractivity contribution in [2.75, 3.05) is 14.2 Å². The highest BCUT2D eigenvalue weighted by molar-refractivity contribution is 5.83. The fraction of sp³-hybridized carbons (Fsp3) is 0.333. The molecule has 0 aliphatic heterocycles. The molecule has 0 N–H and O–H groups in total. The van der Waals surface area contributed by atoms with E-state index in [1.165, 1.54) is 32.6 Å². The third kappa shape index (κ3) is 4.22. The number of methoxy groups -OCH3 is 2. The molecule has 0 aromatic carbocycles. The molecule has 0 aliphatic rings. The Labute approximate surface area is 76.8 Å². The van der Waals surface area contributed by atoms with Gasteiger partial charge in [-0.05, 0) is 12.2 Å². The van der Waals surface area contributed by atoms with Gasteiger partial charge < -0.3 is 14.3 Å². The predicted molar refractivity (Wildman–Crippen MR) is 47.2 cm³/mol. The minimum Gasteiger partial charge on any atom is -0.504 e. The monoisotopic (exact) mass is 184 g/mol. The van der Waals surface area contributed by atoms with E-state index in [0.717, 1.165) is 0 Å². The molecule has 72 valence electrons. The van der Waals surface area contributed by atoms with Crippen molar-refractivity contribution in [3.8, 4) is 0 Å². The minimum atomic E-state index is -0.806. The van der Waals surface area contributed by atoms with Crippen molar-refractivity contribution in [3.05, 3.63) is 24.0 Å². The highest BCUT2D eigenvalue weighted by Gasteiger charge is 2.09. The van der Waals surface area contributed by atoms with Gasteiger partial charge in [-0.3, -0.25) is 4.79 Å². The first-order chi connectivity index (χ1) is 6.29. The quantitative estimate of drug-likeness (QED) is 0.261. The Morgan fingerprint density at radius 2 is 2.00 bits per heavy atom. The molecule has 0 saturated carbocycles. The van der Waals surface area contributed by atoms with Crippen LogP contribution in [0.15, 0.2) is 24.0 Å². The molecule has 0 aliphatic carbocycles. The van der Waals surface area contributed by atoms with Gasteiger partial charge in [0.2, 0.25) is 0 Å². The summed E-state index contributed by atoms with van der Waals surface area (Å²) in [4.78, 5) is 20.9. The highest BCUT2D eigenvalue weighted by Crippen LogP contribution is 2.00. The molecule has 13 heavy (non-hydrogen) atoms. The Morgan fingerprint density at radius 3 is 2.38 bits per heavy atom. The Morgan fingerprint density at radius 1 is 1.31 bits per heavy atom. The van der Waals surface area contributed by atoms with Gasteiger partial charge in [-0.15, -0.1) is 0 Å². The van der Waals surface area contributed by atoms with Crippen molar-refractivity contribution in [2.45, 2.75) is 6.10 Å². The minimum absolute atomic E-state index is 0.255. The summed E-state index contributed by atoms with van der Waals surface area (Å²) in [6.07, 6.45) is 4.68. The largest absolute Gasteiger partial charge is 0.504 e. The van der Waals surface area contributed by atoms with Gasteiger partial charge in [-0.1, -0.05) is 0 Å². The Bertz CT molecular complexity index is 218. The van der Waals surface area contributed by atoms with Crippen molar-refractivity contribution in [1.82, 2.24) is 0 Å². The van der Waals surface area contributed by atoms with Crippen LogP contribution in [0.4, 0.5) is 0 Å². The van der Waals surface area contributed by atoms with Gasteiger partial charge in [-0.25, -0.2) is 0 Å². The van der Waals surface area contributed by atoms with E-state index < -0.39 is 6.10 Å². The zero-order valence-corrected chi connectivity index (χ0v) is 7.60. The van der Waals surface area contributed by atoms with Crippen molar-refractivity contribution >= 4 is 12.6 Å². The van der Waals surface area contributed by atoms with Gasteiger partial charge in [0.1, 0.15) is 12.4 Å². The lowest BCUT2D eigenvalue weighted by molar-refractivity contribution is -0.116. The smallest absolute Gasteiger partial charge is 0.153 e. The third-order valence-corrected chi connectivity index (χ3v) is 1.35. The van der Waals surface area contributed by atoms with Crippen LogP contribution in [0.3, 0.4) is 0 Å². The maximum absolute atomic E-state index is 10.5. The molecular formula is C9H12O4. The van der Waals surface area contributed by atoms with Crippen molar-refractivity contribution in [1.29, 1.82) is 0 Å². The van der Waals surface area contributed by atoms with E-state index in [2.05, 4.69) is 4.74 Å². The van der Waals surface area contributed by atoms with Gasteiger partial charge >= 0.3 is 0 Å². The summed E-state index contributed by atoms with van der Waals surface area (Å²) in [7, 11) is 2.84. The summed E-state index contributed by atoms with van der Waals surface area (Å²) in [5, 5.41) is 0. The molecule has 4 nitrogen and oxygen atoms in total. The normalized spacial score (nSPS) is 14.2. The second-order valence-corrected chi connectivity index (χ2v) is 2.14. The summed E-state index contributed by atoms with van der Waals surface area (Å²) in [5.74, 6) is 0. The molecule has 0 fully saturated rings. The van der Waals surface area contributed by atoms with Crippen molar-refractivity contribution in [2.24, 2.45) is 0 Å². The summed E-state index contributed by atoms with van der Waals surface area (Å²) >= 11 is 0. The molecule has 0 heterocycles. The van der Waals surface area contributed by atoms with Crippen LogP contribution < -0.4 is 0 Å². The molecule has 0 rings (SSSR count). The molecule has 0 spiro atoms. The third-order valence-electron chi connectivity index (χ3n) is 1.35. The van der Waals surface area contributed by atoms with Crippen LogP contribution in [0.1, 0.15) is 0 Å². The van der Waals surface area contributed by atoms with E-state index in [1.807, 2.05) is 0 Å². The molecule has 0 aromatic heterocycles. The lowest BCUT2D eigenvalue weighted by Crippen LogP contribution is -2.16. The number of carbonyl (C=O) groups is 2. The predicted octanol–water partition coefficient (Wildman–Crippen LogP) is 0.486. The second kappa shape index (κ2) is 7.24. The average molecular weight is 184 g/mol. The Hall–Kier alpha value is -1.42. The number of carbonyl (C=O) groups excluding carboxylic acids is 2. The maximum atomic E-state index is 10.5. The zero-order valence-electron chi connectivity index (χ0n) is 7.60. The van der Waals surface area contributed by atoms with E-state index in [4.69, 9.17) is 4.74 Å². The molecular weight excluding hydrogens is 172 g/mol. The number of aldehydes is 2. The SMILES string of the molecule is COC=CC=C(C=O)C(C=O)OC. The number of allylic oxidation sites excluding steroid dienone is 2. The van der Waals surface area contributed by atoms with E-state index in [-0.39, 0.29) is 5.57 Å². The van der Waals surface area contributed by atoms with Gasteiger partial charge in [0.15, 0.2) is 6.29 Å². The standard InChI is InChI=1S/C9H12O4/c1-12-5-3-4-8(6-10)9(7-11)13-2/h3-7,9H,1-2H3. The summed E-state index contributed by atoms with van der Waals surface area (Å²) in [6.45, 7) is 0. The molecule has 0 amide bonds. The van der Waals surface area contributed by atoms with Gasteiger partial charge in [0, 0.05) is 12.7 Å². The van der Waals surface area contributed by atoms with E-state index in [1.54, 1.807) is 0 Å². The molecule has 0 radical (unpaired) electrons. The van der Waals surface area contributed by atoms with Crippen LogP contribution in [-0.4, -0.2) is 32.9 Å². The number of hydrogen-bond donors (Lipinski definition) is 0. The molecule has 0 saturated heterocycles. The zero-order chi connectivity index (χ0) is 10.1. The van der Waals surface area contributed by atoms with Crippen LogP contribution in [0, 0.1) is 0 Å². The number of rotatable bonds is 6. The van der Waals surface area contributed by atoms with Gasteiger partial charge in [0.25, 0.3) is 0 Å². The summed E-state index contributed by atoms with van der Waals surface area (Å²) in [6, 6.07) is 0. The van der Waals surface area contributed by atoms with Crippen molar-refractivity contribution < 1.29 is 19.1 Å². The van der Waals surface area contributed by atoms with E-state index in [9.17, 15) is 9.59 Å². The van der Waals surface area contributed by atoms with Crippen molar-refractivity contribution in [3.63, 3.8) is 0 Å². The molecule has 4 heteroatoms. The van der Waals surface area contributed by atoms with E-state index >= 15 is 0 Å². The molecule has 0 bridgehead atoms. The number of hydrogen-bond acceptors (Lipinski definition) is 4. The van der Waals surface area contributed by atoms with Crippen LogP contribution in [0.5, 0.6) is 0 Å². The lowest BCUT2D eigenvalue weighted by atomic mass is 10.1. The first kappa shape index (κ1) is 11.6. The highest BCUT2D eigenvalue weighted by atomic mass is 16.5. The first-order valence-electron chi connectivity index (χ1n) is 3.63. The lowest BCUT2D eigenvalue weighted by Gasteiger charge is -2.05. The molecule has 1 atom stereocenters. The Kier molecular flexibility index (Phi) is 6.45. The summed E-state index contributed by atoms with van der Waals surface area (Å²) in [5.41, 5.74) is 0.255. The summed E-state index contributed by atoms with van der Waals surface area (Å²) < 4.78 is 9.35. The van der Waals surface area contributed by atoms with E-state index in [0.29, 0.717) is 12.6 Å². The molecule has 0 aromatic rings. The fourth-order valence-corrected chi connectivity index (χ4v) is 0.700. The van der Waals surface area contributed by atoms with Gasteiger partial charge in [-0.2, -0.15) is 0 Å². The number of ether oxygens (including phenoxy) is 2. The van der Waals surface area contributed by atoms with Crippen LogP contribution >= 0.6 is 0 Å². The fourth-order valence-electron chi connectivity index (χ4n) is 0.700. The Balaban J connectivity index is 4.46. The average Bonchev–Trinajstić information content (AvgIpc) is 2.17. The second-order valence-electron chi connectivity index (χ2n) is 2.14.